The lowest BCUT2D eigenvalue weighted by Gasteiger charge is -2.27. The van der Waals surface area contributed by atoms with Crippen molar-refractivity contribution in [2.45, 2.75) is 13.3 Å². The molecule has 33 heavy (non-hydrogen) atoms. The summed E-state index contributed by atoms with van der Waals surface area (Å²) in [5, 5.41) is 0.338. The van der Waals surface area contributed by atoms with Gasteiger partial charge in [-0.1, -0.05) is 29.5 Å². The highest BCUT2D eigenvalue weighted by atomic mass is 35.5. The van der Waals surface area contributed by atoms with Crippen LogP contribution < -0.4 is 9.64 Å². The number of anilines is 1. The third kappa shape index (κ3) is 6.38. The summed E-state index contributed by atoms with van der Waals surface area (Å²) in [6, 6.07) is 9.50. The topological polar surface area (TPSA) is 54.9 Å². The van der Waals surface area contributed by atoms with Gasteiger partial charge in [-0.05, 0) is 31.0 Å². The van der Waals surface area contributed by atoms with Gasteiger partial charge in [-0.2, -0.15) is 0 Å². The Labute approximate surface area is 201 Å². The molecule has 2 heterocycles. The molecule has 0 saturated carbocycles. The van der Waals surface area contributed by atoms with Crippen molar-refractivity contribution in [3.05, 3.63) is 53.6 Å². The number of thiazole rings is 1. The molecular weight excluding hydrogens is 472 g/mol. The zero-order valence-electron chi connectivity index (χ0n) is 18.3. The van der Waals surface area contributed by atoms with Crippen LogP contribution in [0.1, 0.15) is 12.0 Å². The number of para-hydroxylation sites is 1. The van der Waals surface area contributed by atoms with Crippen LogP contribution in [0.3, 0.4) is 0 Å². The molecule has 2 aromatic carbocycles. The van der Waals surface area contributed by atoms with Gasteiger partial charge in [-0.3, -0.25) is 14.6 Å². The second-order valence-electron chi connectivity index (χ2n) is 7.64. The van der Waals surface area contributed by atoms with E-state index in [-0.39, 0.29) is 30.4 Å². The highest BCUT2D eigenvalue weighted by Crippen LogP contribution is 2.31. The smallest absolute Gasteiger partial charge is 0.266 e. The second-order valence-corrected chi connectivity index (χ2v) is 8.65. The van der Waals surface area contributed by atoms with Crippen molar-refractivity contribution in [1.82, 2.24) is 9.88 Å². The minimum Gasteiger partial charge on any atom is -0.483 e. The zero-order valence-corrected chi connectivity index (χ0v) is 19.9. The first-order valence-electron chi connectivity index (χ1n) is 10.6. The summed E-state index contributed by atoms with van der Waals surface area (Å²) in [5.41, 5.74) is 0.994. The lowest BCUT2D eigenvalue weighted by Crippen LogP contribution is -2.40. The number of halogens is 3. The summed E-state index contributed by atoms with van der Waals surface area (Å²) >= 11 is 1.10. The first-order chi connectivity index (χ1) is 15.5. The monoisotopic (exact) mass is 497 g/mol. The number of aryl methyl sites for hydroxylation is 1. The van der Waals surface area contributed by atoms with Crippen molar-refractivity contribution in [3.63, 3.8) is 0 Å². The summed E-state index contributed by atoms with van der Waals surface area (Å²) in [4.78, 5) is 21.2. The largest absolute Gasteiger partial charge is 0.483 e. The second kappa shape index (κ2) is 11.7. The third-order valence-corrected chi connectivity index (χ3v) is 6.36. The normalized spacial score (nSPS) is 14.2. The molecule has 0 aliphatic carbocycles. The predicted molar refractivity (Wildman–Crippen MR) is 128 cm³/mol. The number of carbonyl (C=O) groups is 1. The minimum atomic E-state index is -0.737. The molecule has 1 fully saturated rings. The molecule has 6 nitrogen and oxygen atoms in total. The number of benzene rings is 2. The Morgan fingerprint density at radius 2 is 2.00 bits per heavy atom. The van der Waals surface area contributed by atoms with Crippen molar-refractivity contribution in [2.75, 3.05) is 50.9 Å². The van der Waals surface area contributed by atoms with Gasteiger partial charge in [0.15, 0.2) is 17.6 Å². The minimum absolute atomic E-state index is 0. The Kier molecular flexibility index (Phi) is 8.96. The fraction of sp³-hybridized carbons (Fsp3) is 0.391. The Morgan fingerprint density at radius 3 is 2.76 bits per heavy atom. The lowest BCUT2D eigenvalue weighted by atomic mass is 10.2. The number of fused-ring (bicyclic) bond motifs is 1. The first-order valence-corrected chi connectivity index (χ1v) is 11.4. The van der Waals surface area contributed by atoms with Crippen LogP contribution in [-0.2, 0) is 9.53 Å². The van der Waals surface area contributed by atoms with Crippen LogP contribution >= 0.6 is 23.7 Å². The molecule has 1 aromatic heterocycles. The van der Waals surface area contributed by atoms with E-state index < -0.39 is 11.6 Å². The van der Waals surface area contributed by atoms with Gasteiger partial charge in [0.25, 0.3) is 5.91 Å². The van der Waals surface area contributed by atoms with Gasteiger partial charge in [-0.15, -0.1) is 12.4 Å². The quantitative estimate of drug-likeness (QED) is 0.460. The van der Waals surface area contributed by atoms with Crippen LogP contribution in [0.2, 0.25) is 0 Å². The average Bonchev–Trinajstić information content (AvgIpc) is 3.20. The number of hydrogen-bond acceptors (Lipinski definition) is 6. The summed E-state index contributed by atoms with van der Waals surface area (Å²) in [6.45, 7) is 6.06. The van der Waals surface area contributed by atoms with Crippen LogP contribution in [0.15, 0.2) is 36.4 Å². The van der Waals surface area contributed by atoms with Crippen molar-refractivity contribution in [3.8, 4) is 5.75 Å². The number of morpholine rings is 1. The van der Waals surface area contributed by atoms with Gasteiger partial charge in [0, 0.05) is 32.2 Å². The number of nitrogens with zero attached hydrogens (tertiary/aromatic N) is 3. The molecule has 0 unspecified atom stereocenters. The Balaban J connectivity index is 0.00000306. The van der Waals surface area contributed by atoms with Crippen LogP contribution in [0.4, 0.5) is 13.9 Å². The van der Waals surface area contributed by atoms with Crippen LogP contribution in [0.25, 0.3) is 10.2 Å². The van der Waals surface area contributed by atoms with Crippen molar-refractivity contribution < 1.29 is 23.0 Å². The van der Waals surface area contributed by atoms with E-state index in [0.717, 1.165) is 42.6 Å². The van der Waals surface area contributed by atoms with Crippen LogP contribution in [-0.4, -0.2) is 61.8 Å². The van der Waals surface area contributed by atoms with Gasteiger partial charge < -0.3 is 9.47 Å². The summed E-state index contributed by atoms with van der Waals surface area (Å²) < 4.78 is 39.3. The Hall–Kier alpha value is -2.33. The van der Waals surface area contributed by atoms with Crippen molar-refractivity contribution >= 4 is 45.0 Å². The van der Waals surface area contributed by atoms with Crippen molar-refractivity contribution in [1.29, 1.82) is 0 Å². The molecule has 4 rings (SSSR count). The first kappa shape index (κ1) is 25.3. The molecule has 178 valence electrons. The molecule has 3 aromatic rings. The van der Waals surface area contributed by atoms with E-state index >= 15 is 0 Å². The number of amides is 1. The number of ether oxygens (including phenoxy) is 2. The molecule has 0 spiro atoms. The fourth-order valence-electron chi connectivity index (χ4n) is 3.60. The summed E-state index contributed by atoms with van der Waals surface area (Å²) in [5.74, 6) is -1.06. The molecule has 0 bridgehead atoms. The molecule has 0 N–H and O–H groups in total. The highest BCUT2D eigenvalue weighted by Gasteiger charge is 2.22. The van der Waals surface area contributed by atoms with E-state index in [0.29, 0.717) is 41.8 Å². The molecule has 10 heteroatoms. The molecule has 0 radical (unpaired) electrons. The maximum Gasteiger partial charge on any atom is 0.266 e. The molecule has 0 atom stereocenters. The van der Waals surface area contributed by atoms with E-state index in [1.807, 2.05) is 25.1 Å². The van der Waals surface area contributed by atoms with Gasteiger partial charge in [0.2, 0.25) is 0 Å². The molecule has 1 amide bonds. The molecule has 1 saturated heterocycles. The maximum atomic E-state index is 14.2. The van der Waals surface area contributed by atoms with Crippen molar-refractivity contribution in [2.24, 2.45) is 0 Å². The number of rotatable bonds is 8. The van der Waals surface area contributed by atoms with Gasteiger partial charge >= 0.3 is 0 Å². The van der Waals surface area contributed by atoms with Gasteiger partial charge in [0.05, 0.1) is 17.9 Å². The fourth-order valence-corrected chi connectivity index (χ4v) is 4.65. The lowest BCUT2D eigenvalue weighted by molar-refractivity contribution is -0.120. The predicted octanol–water partition coefficient (Wildman–Crippen LogP) is 4.44. The maximum absolute atomic E-state index is 14.2. The summed E-state index contributed by atoms with van der Waals surface area (Å²) in [6.07, 6.45) is 0.711. The van der Waals surface area contributed by atoms with Gasteiger partial charge in [-0.25, -0.2) is 13.8 Å². The van der Waals surface area contributed by atoms with Crippen LogP contribution in [0, 0.1) is 18.6 Å². The molecular formula is C23H26ClF2N3O3S. The molecule has 1 aliphatic heterocycles. The summed E-state index contributed by atoms with van der Waals surface area (Å²) in [7, 11) is 0. The Morgan fingerprint density at radius 1 is 1.24 bits per heavy atom. The highest BCUT2D eigenvalue weighted by molar-refractivity contribution is 7.22. The average molecular weight is 498 g/mol. The SMILES string of the molecule is Cc1ccccc1OCC(=O)N(CCCN1CCOCC1)c1nc2c(F)cc(F)cc2s1.Cl. The number of aromatic nitrogens is 1. The standard InChI is InChI=1S/C23H25F2N3O3S.ClH/c1-16-5-2-3-6-19(16)31-15-21(29)28(8-4-7-27-9-11-30-12-10-27)23-26-22-18(25)13-17(24)14-20(22)32-23;/h2-3,5-6,13-14H,4,7-12,15H2,1H3;1H. The number of carbonyl (C=O) groups excluding carboxylic acids is 1. The Bertz CT molecular complexity index is 1090. The van der Waals surface area contributed by atoms with E-state index in [4.69, 9.17) is 9.47 Å². The van der Waals surface area contributed by atoms with Gasteiger partial charge in [0.1, 0.15) is 17.1 Å². The van der Waals surface area contributed by atoms with E-state index in [2.05, 4.69) is 9.88 Å². The molecule has 1 aliphatic rings. The third-order valence-electron chi connectivity index (χ3n) is 5.34. The van der Waals surface area contributed by atoms with E-state index in [1.54, 1.807) is 6.07 Å². The van der Waals surface area contributed by atoms with E-state index in [9.17, 15) is 13.6 Å². The van der Waals surface area contributed by atoms with E-state index in [1.165, 1.54) is 11.0 Å². The number of hydrogen-bond donors (Lipinski definition) is 0. The van der Waals surface area contributed by atoms with Crippen LogP contribution in [0.5, 0.6) is 5.75 Å². The zero-order chi connectivity index (χ0) is 22.5.